The van der Waals surface area contributed by atoms with Crippen molar-refractivity contribution in [3.8, 4) is 0 Å². The van der Waals surface area contributed by atoms with Gasteiger partial charge < -0.3 is 15.4 Å². The van der Waals surface area contributed by atoms with Crippen molar-refractivity contribution in [3.05, 3.63) is 0 Å². The van der Waals surface area contributed by atoms with Gasteiger partial charge in [0, 0.05) is 32.8 Å². The number of nitrogens with one attached hydrogen (secondary N) is 2. The Morgan fingerprint density at radius 1 is 1.38 bits per heavy atom. The molecule has 16 heavy (non-hydrogen) atoms. The Morgan fingerprint density at radius 3 is 2.75 bits per heavy atom. The molecule has 0 radical (unpaired) electrons. The normalized spacial score (nSPS) is 33.4. The molecular weight excluding hydrogens is 200 g/mol. The van der Waals surface area contributed by atoms with Crippen molar-refractivity contribution in [2.75, 3.05) is 26.7 Å². The molecule has 1 saturated carbocycles. The van der Waals surface area contributed by atoms with Crippen molar-refractivity contribution in [3.63, 3.8) is 0 Å². The number of hydrogen-bond acceptors (Lipinski definition) is 3. The molecule has 2 rings (SSSR count). The molecule has 3 heteroatoms. The average Bonchev–Trinajstić information content (AvgIpc) is 2.88. The van der Waals surface area contributed by atoms with Crippen LogP contribution in [0.25, 0.3) is 0 Å². The van der Waals surface area contributed by atoms with E-state index < -0.39 is 0 Å². The van der Waals surface area contributed by atoms with E-state index in [1.54, 1.807) is 0 Å². The number of hydrogen-bond donors (Lipinski definition) is 2. The summed E-state index contributed by atoms with van der Waals surface area (Å²) >= 11 is 0. The molecule has 0 aromatic carbocycles. The van der Waals surface area contributed by atoms with Gasteiger partial charge in [0.15, 0.2) is 0 Å². The lowest BCUT2D eigenvalue weighted by molar-refractivity contribution is 0.117. The molecule has 0 bridgehead atoms. The highest BCUT2D eigenvalue weighted by atomic mass is 16.5. The van der Waals surface area contributed by atoms with Crippen LogP contribution in [0.4, 0.5) is 0 Å². The fourth-order valence-corrected chi connectivity index (χ4v) is 3.07. The minimum atomic E-state index is 0.425. The second kappa shape index (κ2) is 5.48. The molecule has 2 fully saturated rings. The van der Waals surface area contributed by atoms with Crippen LogP contribution in [0.3, 0.4) is 0 Å². The average molecular weight is 226 g/mol. The summed E-state index contributed by atoms with van der Waals surface area (Å²) in [6, 6.07) is 0.606. The van der Waals surface area contributed by atoms with Crippen LogP contribution in [0.1, 0.15) is 39.0 Å². The molecular formula is C13H26N2O. The van der Waals surface area contributed by atoms with Crippen LogP contribution in [0.5, 0.6) is 0 Å². The lowest BCUT2D eigenvalue weighted by Crippen LogP contribution is -2.38. The Balaban J connectivity index is 1.61. The highest BCUT2D eigenvalue weighted by Crippen LogP contribution is 2.36. The SMILES string of the molecule is COC1CNC(CNCC2(C)CCCC2)C1. The minimum Gasteiger partial charge on any atom is -0.380 e. The first kappa shape index (κ1) is 12.3. The molecule has 2 unspecified atom stereocenters. The second-order valence-electron chi connectivity index (χ2n) is 5.85. The Morgan fingerprint density at radius 2 is 2.12 bits per heavy atom. The Bertz CT molecular complexity index is 214. The van der Waals surface area contributed by atoms with Gasteiger partial charge in [-0.05, 0) is 24.7 Å². The summed E-state index contributed by atoms with van der Waals surface area (Å²) < 4.78 is 5.35. The summed E-state index contributed by atoms with van der Waals surface area (Å²) in [6.07, 6.45) is 7.23. The highest BCUT2D eigenvalue weighted by molar-refractivity contribution is 4.86. The van der Waals surface area contributed by atoms with E-state index in [-0.39, 0.29) is 0 Å². The van der Waals surface area contributed by atoms with Crippen LogP contribution < -0.4 is 10.6 Å². The quantitative estimate of drug-likeness (QED) is 0.746. The van der Waals surface area contributed by atoms with Gasteiger partial charge in [-0.2, -0.15) is 0 Å². The molecule has 0 aromatic rings. The molecule has 2 N–H and O–H groups in total. The third-order valence-electron chi connectivity index (χ3n) is 4.27. The molecule has 94 valence electrons. The summed E-state index contributed by atoms with van der Waals surface area (Å²) in [5.41, 5.74) is 0.569. The summed E-state index contributed by atoms with van der Waals surface area (Å²) in [7, 11) is 1.81. The van der Waals surface area contributed by atoms with E-state index >= 15 is 0 Å². The van der Waals surface area contributed by atoms with Crippen LogP contribution in [-0.4, -0.2) is 38.9 Å². The standard InChI is InChI=1S/C13H26N2O/c1-13(5-3-4-6-13)10-14-8-11-7-12(16-2)9-15-11/h11-12,14-15H,3-10H2,1-2H3. The van der Waals surface area contributed by atoms with Crippen molar-refractivity contribution < 1.29 is 4.74 Å². The maximum atomic E-state index is 5.35. The maximum absolute atomic E-state index is 5.35. The first-order chi connectivity index (χ1) is 7.72. The number of ether oxygens (including phenoxy) is 1. The zero-order chi connectivity index (χ0) is 11.4. The van der Waals surface area contributed by atoms with Crippen molar-refractivity contribution in [1.82, 2.24) is 10.6 Å². The van der Waals surface area contributed by atoms with Gasteiger partial charge in [-0.15, -0.1) is 0 Å². The summed E-state index contributed by atoms with van der Waals surface area (Å²) in [6.45, 7) is 5.71. The van der Waals surface area contributed by atoms with E-state index in [0.717, 1.165) is 19.5 Å². The molecule has 1 saturated heterocycles. The van der Waals surface area contributed by atoms with E-state index in [0.29, 0.717) is 17.6 Å². The Kier molecular flexibility index (Phi) is 4.22. The third-order valence-corrected chi connectivity index (χ3v) is 4.27. The summed E-state index contributed by atoms with van der Waals surface area (Å²) in [4.78, 5) is 0. The third kappa shape index (κ3) is 3.19. The van der Waals surface area contributed by atoms with Crippen LogP contribution in [0, 0.1) is 5.41 Å². The maximum Gasteiger partial charge on any atom is 0.0711 e. The summed E-state index contributed by atoms with van der Waals surface area (Å²) in [5.74, 6) is 0. The second-order valence-corrected chi connectivity index (χ2v) is 5.85. The first-order valence-electron chi connectivity index (χ1n) is 6.69. The van der Waals surface area contributed by atoms with Gasteiger partial charge in [-0.25, -0.2) is 0 Å². The van der Waals surface area contributed by atoms with Gasteiger partial charge >= 0.3 is 0 Å². The van der Waals surface area contributed by atoms with E-state index in [9.17, 15) is 0 Å². The predicted octanol–water partition coefficient (Wildman–Crippen LogP) is 1.53. The predicted molar refractivity (Wildman–Crippen MR) is 66.6 cm³/mol. The summed E-state index contributed by atoms with van der Waals surface area (Å²) in [5, 5.41) is 7.14. The zero-order valence-electron chi connectivity index (χ0n) is 10.7. The molecule has 0 amide bonds. The van der Waals surface area contributed by atoms with Crippen LogP contribution >= 0.6 is 0 Å². The van der Waals surface area contributed by atoms with Crippen molar-refractivity contribution >= 4 is 0 Å². The van der Waals surface area contributed by atoms with Crippen molar-refractivity contribution in [2.24, 2.45) is 5.41 Å². The largest absolute Gasteiger partial charge is 0.380 e. The van der Waals surface area contributed by atoms with Gasteiger partial charge in [0.05, 0.1) is 6.10 Å². The molecule has 3 nitrogen and oxygen atoms in total. The highest BCUT2D eigenvalue weighted by Gasteiger charge is 2.29. The first-order valence-corrected chi connectivity index (χ1v) is 6.69. The number of rotatable bonds is 5. The topological polar surface area (TPSA) is 33.3 Å². The smallest absolute Gasteiger partial charge is 0.0711 e. The Hall–Kier alpha value is -0.120. The fourth-order valence-electron chi connectivity index (χ4n) is 3.07. The molecule has 1 aliphatic carbocycles. The van der Waals surface area contributed by atoms with Gasteiger partial charge in [0.2, 0.25) is 0 Å². The van der Waals surface area contributed by atoms with E-state index in [1.165, 1.54) is 32.2 Å². The van der Waals surface area contributed by atoms with E-state index in [2.05, 4.69) is 17.6 Å². The lowest BCUT2D eigenvalue weighted by atomic mass is 9.89. The van der Waals surface area contributed by atoms with Gasteiger partial charge in [0.1, 0.15) is 0 Å². The fraction of sp³-hybridized carbons (Fsp3) is 1.00. The minimum absolute atomic E-state index is 0.425. The monoisotopic (exact) mass is 226 g/mol. The van der Waals surface area contributed by atoms with Crippen molar-refractivity contribution in [1.29, 1.82) is 0 Å². The van der Waals surface area contributed by atoms with Crippen LogP contribution in [0.2, 0.25) is 0 Å². The molecule has 1 aliphatic heterocycles. The lowest BCUT2D eigenvalue weighted by Gasteiger charge is -2.24. The number of methoxy groups -OCH3 is 1. The molecule has 2 aliphatic rings. The van der Waals surface area contributed by atoms with Gasteiger partial charge in [-0.3, -0.25) is 0 Å². The van der Waals surface area contributed by atoms with Crippen LogP contribution in [-0.2, 0) is 4.74 Å². The molecule has 1 heterocycles. The molecule has 0 aromatic heterocycles. The molecule has 2 atom stereocenters. The van der Waals surface area contributed by atoms with Gasteiger partial charge in [-0.1, -0.05) is 19.8 Å². The van der Waals surface area contributed by atoms with E-state index in [4.69, 9.17) is 4.74 Å². The van der Waals surface area contributed by atoms with Gasteiger partial charge in [0.25, 0.3) is 0 Å². The van der Waals surface area contributed by atoms with E-state index in [1.807, 2.05) is 7.11 Å². The Labute approximate surface area is 99.3 Å². The van der Waals surface area contributed by atoms with Crippen LogP contribution in [0.15, 0.2) is 0 Å². The molecule has 0 spiro atoms. The van der Waals surface area contributed by atoms with Crippen molar-refractivity contribution in [2.45, 2.75) is 51.2 Å². The zero-order valence-corrected chi connectivity index (χ0v) is 10.7.